The van der Waals surface area contributed by atoms with Crippen molar-refractivity contribution >= 4 is 23.7 Å². The zero-order chi connectivity index (χ0) is 24.1. The van der Waals surface area contributed by atoms with E-state index in [2.05, 4.69) is 41.5 Å². The maximum atomic E-state index is 12.4. The van der Waals surface area contributed by atoms with Crippen molar-refractivity contribution in [2.75, 3.05) is 11.9 Å². The normalized spacial score (nSPS) is 12.7. The number of hydrogen-bond acceptors (Lipinski definition) is 4. The molecular weight excluding hydrogens is 432 g/mol. The van der Waals surface area contributed by atoms with Crippen LogP contribution in [0.4, 0.5) is 10.5 Å². The first-order valence-electron chi connectivity index (χ1n) is 10.8. The van der Waals surface area contributed by atoms with Gasteiger partial charge >= 0.3 is 12.1 Å². The second-order valence-electron chi connectivity index (χ2n) is 7.92. The van der Waals surface area contributed by atoms with Crippen LogP contribution in [0.3, 0.4) is 0 Å². The van der Waals surface area contributed by atoms with Gasteiger partial charge in [-0.25, -0.2) is 9.59 Å². The summed E-state index contributed by atoms with van der Waals surface area (Å²) < 4.78 is 5.52. The molecule has 0 saturated carbocycles. The quantitative estimate of drug-likeness (QED) is 0.422. The number of fused-ring (bicyclic) bond motifs is 3. The third-order valence-corrected chi connectivity index (χ3v) is 5.74. The van der Waals surface area contributed by atoms with E-state index < -0.39 is 24.0 Å². The van der Waals surface area contributed by atoms with Gasteiger partial charge in [0.25, 0.3) is 5.91 Å². The van der Waals surface area contributed by atoms with Crippen LogP contribution in [-0.4, -0.2) is 35.7 Å². The van der Waals surface area contributed by atoms with Gasteiger partial charge in [-0.15, -0.1) is 6.58 Å². The minimum atomic E-state index is -1.14. The predicted molar refractivity (Wildman–Crippen MR) is 129 cm³/mol. The zero-order valence-electron chi connectivity index (χ0n) is 18.4. The zero-order valence-corrected chi connectivity index (χ0v) is 18.4. The first-order chi connectivity index (χ1) is 16.5. The number of carboxylic acid groups (broad SMARTS) is 1. The van der Waals surface area contributed by atoms with Crippen molar-refractivity contribution in [3.8, 4) is 11.1 Å². The molecule has 1 aliphatic carbocycles. The number of ether oxygens (including phenoxy) is 1. The summed E-state index contributed by atoms with van der Waals surface area (Å²) in [6.07, 6.45) is 0.944. The van der Waals surface area contributed by atoms with Crippen LogP contribution in [0.25, 0.3) is 11.1 Å². The molecule has 0 spiro atoms. The lowest BCUT2D eigenvalue weighted by molar-refractivity contribution is -0.139. The summed E-state index contributed by atoms with van der Waals surface area (Å²) in [5, 5.41) is 14.3. The van der Waals surface area contributed by atoms with Crippen molar-refractivity contribution in [2.45, 2.75) is 18.4 Å². The van der Waals surface area contributed by atoms with Gasteiger partial charge in [0.15, 0.2) is 0 Å². The highest BCUT2D eigenvalue weighted by Gasteiger charge is 2.29. The molecule has 1 aliphatic rings. The summed E-state index contributed by atoms with van der Waals surface area (Å²) in [6.45, 7) is 3.69. The van der Waals surface area contributed by atoms with Crippen LogP contribution < -0.4 is 10.6 Å². The number of benzene rings is 3. The van der Waals surface area contributed by atoms with Gasteiger partial charge in [0.2, 0.25) is 0 Å². The van der Waals surface area contributed by atoms with Crippen molar-refractivity contribution in [1.82, 2.24) is 5.32 Å². The minimum Gasteiger partial charge on any atom is -0.480 e. The monoisotopic (exact) mass is 456 g/mol. The van der Waals surface area contributed by atoms with Crippen LogP contribution in [0.2, 0.25) is 0 Å². The molecule has 1 unspecified atom stereocenters. The highest BCUT2D eigenvalue weighted by Crippen LogP contribution is 2.44. The molecule has 4 rings (SSSR count). The average molecular weight is 456 g/mol. The van der Waals surface area contributed by atoms with Gasteiger partial charge in [-0.1, -0.05) is 54.6 Å². The van der Waals surface area contributed by atoms with Crippen molar-refractivity contribution < 1.29 is 24.2 Å². The van der Waals surface area contributed by atoms with E-state index in [0.29, 0.717) is 5.69 Å². The molecule has 3 aromatic carbocycles. The third kappa shape index (κ3) is 4.83. The summed E-state index contributed by atoms with van der Waals surface area (Å²) in [5.74, 6) is -1.70. The first kappa shape index (κ1) is 22.8. The highest BCUT2D eigenvalue weighted by atomic mass is 16.5. The van der Waals surface area contributed by atoms with E-state index in [1.807, 2.05) is 24.3 Å². The number of nitrogens with one attached hydrogen (secondary N) is 2. The first-order valence-corrected chi connectivity index (χ1v) is 10.8. The lowest BCUT2D eigenvalue weighted by Crippen LogP contribution is -2.40. The van der Waals surface area contributed by atoms with E-state index in [-0.39, 0.29) is 24.5 Å². The van der Waals surface area contributed by atoms with Crippen LogP contribution in [0.1, 0.15) is 33.8 Å². The molecule has 0 bridgehead atoms. The molecule has 0 aromatic heterocycles. The molecule has 3 aromatic rings. The number of amides is 2. The fraction of sp³-hybridized carbons (Fsp3) is 0.148. The maximum Gasteiger partial charge on any atom is 0.411 e. The van der Waals surface area contributed by atoms with Crippen LogP contribution in [0.15, 0.2) is 85.5 Å². The van der Waals surface area contributed by atoms with Crippen LogP contribution >= 0.6 is 0 Å². The van der Waals surface area contributed by atoms with Gasteiger partial charge in [-0.05, 0) is 52.9 Å². The fourth-order valence-corrected chi connectivity index (χ4v) is 4.09. The topological polar surface area (TPSA) is 105 Å². The molecule has 7 nitrogen and oxygen atoms in total. The number of carboxylic acids is 1. The lowest BCUT2D eigenvalue weighted by Gasteiger charge is -2.15. The summed E-state index contributed by atoms with van der Waals surface area (Å²) in [5.41, 5.74) is 5.28. The van der Waals surface area contributed by atoms with Gasteiger partial charge in [-0.3, -0.25) is 10.1 Å². The average Bonchev–Trinajstić information content (AvgIpc) is 3.16. The molecule has 0 radical (unpaired) electrons. The number of anilines is 1. The molecule has 0 fully saturated rings. The number of carbonyl (C=O) groups excluding carboxylic acids is 2. The van der Waals surface area contributed by atoms with E-state index >= 15 is 0 Å². The number of hydrogen-bond donors (Lipinski definition) is 3. The predicted octanol–water partition coefficient (Wildman–Crippen LogP) is 4.81. The molecule has 2 amide bonds. The Morgan fingerprint density at radius 2 is 1.53 bits per heavy atom. The summed E-state index contributed by atoms with van der Waals surface area (Å²) in [7, 11) is 0. The second-order valence-corrected chi connectivity index (χ2v) is 7.92. The smallest absolute Gasteiger partial charge is 0.411 e. The van der Waals surface area contributed by atoms with Crippen molar-refractivity contribution in [3.05, 3.63) is 102 Å². The van der Waals surface area contributed by atoms with E-state index in [1.165, 1.54) is 18.2 Å². The third-order valence-electron chi connectivity index (χ3n) is 5.74. The summed E-state index contributed by atoms with van der Waals surface area (Å²) in [4.78, 5) is 35.9. The van der Waals surface area contributed by atoms with Gasteiger partial charge in [0.05, 0.1) is 0 Å². The Bertz CT molecular complexity index is 1190. The molecule has 1 atom stereocenters. The van der Waals surface area contributed by atoms with Crippen molar-refractivity contribution in [3.63, 3.8) is 0 Å². The molecule has 3 N–H and O–H groups in total. The van der Waals surface area contributed by atoms with Crippen molar-refractivity contribution in [2.24, 2.45) is 0 Å². The van der Waals surface area contributed by atoms with Gasteiger partial charge < -0.3 is 15.2 Å². The standard InChI is InChI=1S/C27H24N2O5/c1-2-7-24(26(31)32)29-25(30)17-12-14-18(15-13-17)28-27(33)34-16-23-21-10-5-3-8-19(21)20-9-4-6-11-22(20)23/h2-6,8-15,23-24H,1,7,16H2,(H,28,33)(H,29,30)(H,31,32). The van der Waals surface area contributed by atoms with Gasteiger partial charge in [0, 0.05) is 17.2 Å². The van der Waals surface area contributed by atoms with Crippen LogP contribution in [0, 0.1) is 0 Å². The van der Waals surface area contributed by atoms with Gasteiger partial charge in [0.1, 0.15) is 12.6 Å². The summed E-state index contributed by atoms with van der Waals surface area (Å²) in [6, 6.07) is 21.3. The fourth-order valence-electron chi connectivity index (χ4n) is 4.09. The Morgan fingerprint density at radius 1 is 0.941 bits per heavy atom. The van der Waals surface area contributed by atoms with Crippen molar-refractivity contribution in [1.29, 1.82) is 0 Å². The Kier molecular flexibility index (Phi) is 6.73. The van der Waals surface area contributed by atoms with Gasteiger partial charge in [-0.2, -0.15) is 0 Å². The molecular formula is C27H24N2O5. The minimum absolute atomic E-state index is 0.0398. The molecule has 0 heterocycles. The number of carbonyl (C=O) groups is 3. The van der Waals surface area contributed by atoms with E-state index in [9.17, 15) is 14.4 Å². The molecule has 0 saturated heterocycles. The molecule has 34 heavy (non-hydrogen) atoms. The summed E-state index contributed by atoms with van der Waals surface area (Å²) >= 11 is 0. The second kappa shape index (κ2) is 10.0. The maximum absolute atomic E-state index is 12.4. The van der Waals surface area contributed by atoms with E-state index in [4.69, 9.17) is 9.84 Å². The lowest BCUT2D eigenvalue weighted by atomic mass is 9.98. The number of rotatable bonds is 8. The van der Waals surface area contributed by atoms with E-state index in [0.717, 1.165) is 22.3 Å². The largest absolute Gasteiger partial charge is 0.480 e. The SMILES string of the molecule is C=CCC(NC(=O)c1ccc(NC(=O)OCC2c3ccccc3-c3ccccc32)cc1)C(=O)O. The molecule has 0 aliphatic heterocycles. The Morgan fingerprint density at radius 3 is 2.09 bits per heavy atom. The molecule has 172 valence electrons. The Labute approximate surface area is 197 Å². The Hall–Kier alpha value is -4.39. The Balaban J connectivity index is 1.36. The van der Waals surface area contributed by atoms with E-state index in [1.54, 1.807) is 12.1 Å². The highest BCUT2D eigenvalue weighted by molar-refractivity contribution is 5.97. The molecule has 7 heteroatoms. The van der Waals surface area contributed by atoms with Crippen LogP contribution in [0.5, 0.6) is 0 Å². The van der Waals surface area contributed by atoms with Crippen LogP contribution in [-0.2, 0) is 9.53 Å². The number of aliphatic carboxylic acids is 1.